The topological polar surface area (TPSA) is 80.2 Å². The summed E-state index contributed by atoms with van der Waals surface area (Å²) in [6, 6.07) is 17.3. The molecule has 9 heteroatoms. The highest BCUT2D eigenvalue weighted by Crippen LogP contribution is 2.31. The third-order valence-electron chi connectivity index (χ3n) is 5.52. The van der Waals surface area contributed by atoms with Crippen molar-refractivity contribution < 1.29 is 13.9 Å². The van der Waals surface area contributed by atoms with Gasteiger partial charge in [-0.3, -0.25) is 15.0 Å². The predicted molar refractivity (Wildman–Crippen MR) is 129 cm³/mol. The summed E-state index contributed by atoms with van der Waals surface area (Å²) in [4.78, 5) is 28.2. The number of carbonyl (C=O) groups is 1. The molecule has 172 valence electrons. The van der Waals surface area contributed by atoms with E-state index in [0.29, 0.717) is 48.8 Å². The van der Waals surface area contributed by atoms with Crippen molar-refractivity contribution in [3.05, 3.63) is 71.6 Å². The quantitative estimate of drug-likeness (QED) is 0.428. The van der Waals surface area contributed by atoms with E-state index in [9.17, 15) is 9.18 Å². The third-order valence-corrected chi connectivity index (χ3v) is 5.81. The van der Waals surface area contributed by atoms with Crippen molar-refractivity contribution in [3.8, 4) is 22.5 Å². The van der Waals surface area contributed by atoms with E-state index in [1.807, 2.05) is 35.2 Å². The number of amides is 1. The fraction of sp³-hybridized carbons (Fsp3) is 0.200. The van der Waals surface area contributed by atoms with Crippen LogP contribution in [0.25, 0.3) is 33.4 Å². The Morgan fingerprint density at radius 3 is 2.62 bits per heavy atom. The Morgan fingerprint density at radius 1 is 1.00 bits per heavy atom. The maximum absolute atomic E-state index is 13.9. The first-order valence-electron chi connectivity index (χ1n) is 10.9. The number of hydrogen-bond donors (Lipinski definition) is 1. The van der Waals surface area contributed by atoms with Gasteiger partial charge in [-0.1, -0.05) is 41.9 Å². The van der Waals surface area contributed by atoms with E-state index in [2.05, 4.69) is 20.3 Å². The number of hydrogen-bond acceptors (Lipinski definition) is 6. The Hall–Kier alpha value is -3.46. The van der Waals surface area contributed by atoms with E-state index >= 15 is 0 Å². The summed E-state index contributed by atoms with van der Waals surface area (Å²) in [5.74, 6) is -0.521. The fourth-order valence-corrected chi connectivity index (χ4v) is 4.08. The summed E-state index contributed by atoms with van der Waals surface area (Å²) in [6.07, 6.45) is 0. The number of nitrogens with zero attached hydrogens (tertiary/aromatic N) is 4. The van der Waals surface area contributed by atoms with Gasteiger partial charge >= 0.3 is 0 Å². The van der Waals surface area contributed by atoms with Crippen molar-refractivity contribution in [1.82, 2.24) is 19.9 Å². The minimum Gasteiger partial charge on any atom is -0.379 e. The highest BCUT2D eigenvalue weighted by Gasteiger charge is 2.18. The van der Waals surface area contributed by atoms with Gasteiger partial charge < -0.3 is 4.74 Å². The molecule has 7 nitrogen and oxygen atoms in total. The van der Waals surface area contributed by atoms with Crippen LogP contribution in [0.4, 0.5) is 10.3 Å². The molecule has 1 saturated heterocycles. The van der Waals surface area contributed by atoms with Crippen molar-refractivity contribution in [3.63, 3.8) is 0 Å². The van der Waals surface area contributed by atoms with Crippen LogP contribution in [0.5, 0.6) is 0 Å². The zero-order valence-corrected chi connectivity index (χ0v) is 18.9. The smallest absolute Gasteiger partial charge is 0.240 e. The Morgan fingerprint density at radius 2 is 1.79 bits per heavy atom. The summed E-state index contributed by atoms with van der Waals surface area (Å²) in [7, 11) is 0. The molecule has 0 aliphatic carbocycles. The number of nitrogens with one attached hydrogen (secondary N) is 1. The first kappa shape index (κ1) is 22.3. The van der Waals surface area contributed by atoms with E-state index in [-0.39, 0.29) is 29.4 Å². The lowest BCUT2D eigenvalue weighted by Gasteiger charge is -2.25. The van der Waals surface area contributed by atoms with Crippen LogP contribution in [0.1, 0.15) is 0 Å². The van der Waals surface area contributed by atoms with Crippen molar-refractivity contribution in [2.45, 2.75) is 0 Å². The number of morpholine rings is 1. The first-order valence-corrected chi connectivity index (χ1v) is 11.2. The van der Waals surface area contributed by atoms with Crippen molar-refractivity contribution in [2.75, 3.05) is 38.2 Å². The van der Waals surface area contributed by atoms with Crippen LogP contribution in [-0.4, -0.2) is 58.6 Å². The van der Waals surface area contributed by atoms with Gasteiger partial charge in [0, 0.05) is 29.6 Å². The molecule has 1 fully saturated rings. The first-order chi connectivity index (χ1) is 16.5. The van der Waals surface area contributed by atoms with Gasteiger partial charge in [-0.25, -0.2) is 19.3 Å². The lowest BCUT2D eigenvalue weighted by molar-refractivity contribution is -0.118. The van der Waals surface area contributed by atoms with Crippen LogP contribution in [0.2, 0.25) is 5.15 Å². The molecule has 3 heterocycles. The maximum Gasteiger partial charge on any atom is 0.240 e. The molecule has 34 heavy (non-hydrogen) atoms. The number of halogens is 2. The van der Waals surface area contributed by atoms with Crippen molar-refractivity contribution >= 4 is 34.4 Å². The second-order valence-corrected chi connectivity index (χ2v) is 8.29. The number of carbonyl (C=O) groups excluding carboxylic acids is 1. The second kappa shape index (κ2) is 9.80. The van der Waals surface area contributed by atoms with Crippen LogP contribution in [-0.2, 0) is 9.53 Å². The van der Waals surface area contributed by atoms with Gasteiger partial charge in [-0.15, -0.1) is 0 Å². The number of aromatic nitrogens is 3. The summed E-state index contributed by atoms with van der Waals surface area (Å²) in [6.45, 7) is 2.75. The molecular formula is C25H21ClFN5O2. The average molecular weight is 478 g/mol. The molecule has 1 amide bonds. The normalized spacial score (nSPS) is 14.3. The number of pyridine rings is 1. The molecule has 4 aromatic rings. The van der Waals surface area contributed by atoms with Crippen LogP contribution >= 0.6 is 11.6 Å². The molecule has 1 aliphatic rings. The van der Waals surface area contributed by atoms with Crippen LogP contribution in [0, 0.1) is 5.82 Å². The zero-order chi connectivity index (χ0) is 23.5. The van der Waals surface area contributed by atoms with Crippen LogP contribution in [0.15, 0.2) is 60.7 Å². The minimum atomic E-state index is -0.388. The fourth-order valence-electron chi connectivity index (χ4n) is 3.84. The largest absolute Gasteiger partial charge is 0.379 e. The SMILES string of the molecule is O=C(CN1CCOCC1)Nc1nc(-c2cccc(F)c2)cc(-c2cc3ccccc3nc2Cl)n1. The Bertz CT molecular complexity index is 1360. The van der Waals surface area contributed by atoms with Gasteiger partial charge in [0.25, 0.3) is 0 Å². The zero-order valence-electron chi connectivity index (χ0n) is 18.2. The standard InChI is InChI=1S/C25H21ClFN5O2/c26-24-19(13-17-4-1-2-7-20(17)28-24)22-14-21(16-5-3-6-18(27)12-16)29-25(30-22)31-23(33)15-32-8-10-34-11-9-32/h1-7,12-14H,8-11,15H2,(H,29,30,31,33). The van der Waals surface area contributed by atoms with E-state index in [1.165, 1.54) is 12.1 Å². The minimum absolute atomic E-state index is 0.110. The monoisotopic (exact) mass is 477 g/mol. The summed E-state index contributed by atoms with van der Waals surface area (Å²) >= 11 is 6.51. The van der Waals surface area contributed by atoms with Gasteiger partial charge in [0.05, 0.1) is 36.7 Å². The summed E-state index contributed by atoms with van der Waals surface area (Å²) < 4.78 is 19.3. The molecule has 0 spiro atoms. The molecule has 0 radical (unpaired) electrons. The van der Waals surface area contributed by atoms with Crippen LogP contribution < -0.4 is 5.32 Å². The number of fused-ring (bicyclic) bond motifs is 1. The molecule has 1 aliphatic heterocycles. The Labute approximate surface area is 200 Å². The average Bonchev–Trinajstić information content (AvgIpc) is 2.84. The second-order valence-electron chi connectivity index (χ2n) is 7.93. The van der Waals surface area contributed by atoms with E-state index < -0.39 is 0 Å². The molecular weight excluding hydrogens is 457 g/mol. The highest BCUT2D eigenvalue weighted by molar-refractivity contribution is 6.32. The van der Waals surface area contributed by atoms with Gasteiger partial charge in [0.2, 0.25) is 11.9 Å². The van der Waals surface area contributed by atoms with E-state index in [4.69, 9.17) is 16.3 Å². The molecule has 2 aromatic carbocycles. The Kier molecular flexibility index (Phi) is 6.44. The third kappa shape index (κ3) is 5.04. The van der Waals surface area contributed by atoms with E-state index in [1.54, 1.807) is 18.2 Å². The molecule has 0 bridgehead atoms. The Balaban J connectivity index is 1.54. The number of para-hydroxylation sites is 1. The van der Waals surface area contributed by atoms with Crippen LogP contribution in [0.3, 0.4) is 0 Å². The van der Waals surface area contributed by atoms with Crippen molar-refractivity contribution in [1.29, 1.82) is 0 Å². The molecule has 0 atom stereocenters. The van der Waals surface area contributed by atoms with E-state index in [0.717, 1.165) is 10.9 Å². The number of ether oxygens (including phenoxy) is 1. The number of rotatable bonds is 5. The molecule has 1 N–H and O–H groups in total. The van der Waals surface area contributed by atoms with Gasteiger partial charge in [-0.05, 0) is 30.3 Å². The van der Waals surface area contributed by atoms with Gasteiger partial charge in [-0.2, -0.15) is 0 Å². The lowest BCUT2D eigenvalue weighted by Crippen LogP contribution is -2.41. The molecule has 0 saturated carbocycles. The number of anilines is 1. The lowest BCUT2D eigenvalue weighted by atomic mass is 10.1. The van der Waals surface area contributed by atoms with Gasteiger partial charge in [0.1, 0.15) is 11.0 Å². The maximum atomic E-state index is 13.9. The molecule has 2 aromatic heterocycles. The molecule has 0 unspecified atom stereocenters. The van der Waals surface area contributed by atoms with Gasteiger partial charge in [0.15, 0.2) is 0 Å². The van der Waals surface area contributed by atoms with Crippen molar-refractivity contribution in [2.24, 2.45) is 0 Å². The summed E-state index contributed by atoms with van der Waals surface area (Å²) in [5, 5.41) is 3.95. The number of benzene rings is 2. The highest BCUT2D eigenvalue weighted by atomic mass is 35.5. The molecule has 5 rings (SSSR count). The summed E-state index contributed by atoms with van der Waals surface area (Å²) in [5.41, 5.74) is 2.82. The predicted octanol–water partition coefficient (Wildman–Crippen LogP) is 4.42.